The predicted molar refractivity (Wildman–Crippen MR) is 85.4 cm³/mol. The molecule has 1 unspecified atom stereocenters. The van der Waals surface area contributed by atoms with Crippen molar-refractivity contribution in [3.63, 3.8) is 0 Å². The lowest BCUT2D eigenvalue weighted by Crippen LogP contribution is -2.18. The number of rotatable bonds is 7. The number of hydrogen-bond donors (Lipinski definition) is 0. The third-order valence-corrected chi connectivity index (χ3v) is 5.89. The van der Waals surface area contributed by atoms with Crippen molar-refractivity contribution < 1.29 is 0 Å². The Morgan fingerprint density at radius 2 is 1.42 bits per heavy atom. The minimum atomic E-state index is 1.08. The smallest absolute Gasteiger partial charge is 0.0386 e. The maximum Gasteiger partial charge on any atom is -0.0386 e. The molecule has 0 spiro atoms. The van der Waals surface area contributed by atoms with Crippen molar-refractivity contribution in [2.45, 2.75) is 103 Å². The maximum atomic E-state index is 2.39. The van der Waals surface area contributed by atoms with Crippen LogP contribution in [0.5, 0.6) is 0 Å². The van der Waals surface area contributed by atoms with Crippen molar-refractivity contribution in [3.05, 3.63) is 0 Å². The molecule has 0 heteroatoms. The normalized spacial score (nSPS) is 24.5. The van der Waals surface area contributed by atoms with E-state index in [1.807, 2.05) is 0 Å². The Labute approximate surface area is 121 Å². The Balaban J connectivity index is 1.66. The van der Waals surface area contributed by atoms with Crippen LogP contribution in [0.4, 0.5) is 0 Å². The van der Waals surface area contributed by atoms with Gasteiger partial charge in [-0.15, -0.1) is 0 Å². The van der Waals surface area contributed by atoms with Crippen LogP contribution in [0.1, 0.15) is 103 Å². The Kier molecular flexibility index (Phi) is 7.32. The fraction of sp³-hybridized carbons (Fsp3) is 1.00. The van der Waals surface area contributed by atoms with E-state index < -0.39 is 0 Å². The second-order valence-electron chi connectivity index (χ2n) is 7.38. The minimum Gasteiger partial charge on any atom is -0.0654 e. The van der Waals surface area contributed by atoms with Gasteiger partial charge in [0.25, 0.3) is 0 Å². The third-order valence-electron chi connectivity index (χ3n) is 5.89. The zero-order chi connectivity index (χ0) is 13.3. The molecule has 0 aromatic heterocycles. The highest BCUT2D eigenvalue weighted by Gasteiger charge is 2.23. The molecule has 0 aliphatic heterocycles. The first-order valence-corrected chi connectivity index (χ1v) is 9.40. The molecule has 0 amide bonds. The second-order valence-corrected chi connectivity index (χ2v) is 7.38. The molecule has 0 nitrogen and oxygen atoms in total. The van der Waals surface area contributed by atoms with Crippen molar-refractivity contribution >= 4 is 0 Å². The van der Waals surface area contributed by atoms with Crippen LogP contribution < -0.4 is 0 Å². The van der Waals surface area contributed by atoms with Gasteiger partial charge in [-0.3, -0.25) is 0 Å². The fourth-order valence-electron chi connectivity index (χ4n) is 4.74. The quantitative estimate of drug-likeness (QED) is 0.478. The Hall–Kier alpha value is 0. The van der Waals surface area contributed by atoms with Crippen LogP contribution in [0.3, 0.4) is 0 Å². The molecule has 2 rings (SSSR count). The lowest BCUT2D eigenvalue weighted by molar-refractivity contribution is 0.211. The van der Waals surface area contributed by atoms with E-state index in [4.69, 9.17) is 0 Å². The summed E-state index contributed by atoms with van der Waals surface area (Å²) in [5.41, 5.74) is 0. The van der Waals surface area contributed by atoms with Crippen molar-refractivity contribution in [2.24, 2.45) is 17.8 Å². The summed E-state index contributed by atoms with van der Waals surface area (Å²) in [6, 6.07) is 0. The Bertz CT molecular complexity index is 208. The molecule has 0 radical (unpaired) electrons. The van der Waals surface area contributed by atoms with Gasteiger partial charge >= 0.3 is 0 Å². The van der Waals surface area contributed by atoms with Gasteiger partial charge in [0.1, 0.15) is 0 Å². The lowest BCUT2D eigenvalue weighted by atomic mass is 9.75. The van der Waals surface area contributed by atoms with Gasteiger partial charge in [0.05, 0.1) is 0 Å². The summed E-state index contributed by atoms with van der Waals surface area (Å²) in [5, 5.41) is 0. The monoisotopic (exact) mass is 264 g/mol. The fourth-order valence-corrected chi connectivity index (χ4v) is 4.74. The minimum absolute atomic E-state index is 1.08. The van der Waals surface area contributed by atoms with Crippen LogP contribution in [-0.4, -0.2) is 0 Å². The zero-order valence-electron chi connectivity index (χ0n) is 13.3. The summed E-state index contributed by atoms with van der Waals surface area (Å²) in [4.78, 5) is 0. The molecule has 0 aromatic carbocycles. The molecule has 2 aliphatic carbocycles. The second kappa shape index (κ2) is 9.03. The number of hydrogen-bond acceptors (Lipinski definition) is 0. The van der Waals surface area contributed by atoms with E-state index in [2.05, 4.69) is 6.92 Å². The summed E-state index contributed by atoms with van der Waals surface area (Å²) < 4.78 is 0. The summed E-state index contributed by atoms with van der Waals surface area (Å²) in [6.45, 7) is 2.39. The summed E-state index contributed by atoms with van der Waals surface area (Å²) in [7, 11) is 0. The average molecular weight is 264 g/mol. The SMILES string of the molecule is CCCC(CCCC1CCCCC1)C1CCCCC1. The van der Waals surface area contributed by atoms with Crippen molar-refractivity contribution in [1.29, 1.82) is 0 Å². The van der Waals surface area contributed by atoms with Crippen molar-refractivity contribution in [1.82, 2.24) is 0 Å². The molecule has 2 aliphatic rings. The van der Waals surface area contributed by atoms with Gasteiger partial charge in [-0.1, -0.05) is 103 Å². The van der Waals surface area contributed by atoms with Gasteiger partial charge in [-0.2, -0.15) is 0 Å². The Morgan fingerprint density at radius 1 is 0.789 bits per heavy atom. The van der Waals surface area contributed by atoms with Crippen molar-refractivity contribution in [2.75, 3.05) is 0 Å². The first-order valence-electron chi connectivity index (χ1n) is 9.40. The molecule has 0 aromatic rings. The topological polar surface area (TPSA) is 0 Å². The molecule has 19 heavy (non-hydrogen) atoms. The van der Waals surface area contributed by atoms with E-state index in [0.29, 0.717) is 0 Å². The molecule has 2 fully saturated rings. The summed E-state index contributed by atoms with van der Waals surface area (Å²) in [6.07, 6.45) is 22.8. The highest BCUT2D eigenvalue weighted by atomic mass is 14.3. The summed E-state index contributed by atoms with van der Waals surface area (Å²) in [5.74, 6) is 3.27. The molecular formula is C19H36. The molecule has 0 bridgehead atoms. The van der Waals surface area contributed by atoms with Crippen LogP contribution in [0.15, 0.2) is 0 Å². The van der Waals surface area contributed by atoms with Crippen LogP contribution in [0.25, 0.3) is 0 Å². The molecule has 1 atom stereocenters. The summed E-state index contributed by atoms with van der Waals surface area (Å²) >= 11 is 0. The largest absolute Gasteiger partial charge is 0.0654 e. The molecule has 0 heterocycles. The highest BCUT2D eigenvalue weighted by molar-refractivity contribution is 4.75. The predicted octanol–water partition coefficient (Wildman–Crippen LogP) is 6.73. The molecule has 0 saturated heterocycles. The van der Waals surface area contributed by atoms with Crippen LogP contribution in [0, 0.1) is 17.8 Å². The van der Waals surface area contributed by atoms with E-state index in [-0.39, 0.29) is 0 Å². The molecular weight excluding hydrogens is 228 g/mol. The van der Waals surface area contributed by atoms with E-state index in [1.54, 1.807) is 38.5 Å². The zero-order valence-corrected chi connectivity index (χ0v) is 13.3. The molecule has 0 N–H and O–H groups in total. The van der Waals surface area contributed by atoms with Crippen LogP contribution in [-0.2, 0) is 0 Å². The first kappa shape index (κ1) is 15.4. The highest BCUT2D eigenvalue weighted by Crippen LogP contribution is 2.36. The van der Waals surface area contributed by atoms with Crippen LogP contribution >= 0.6 is 0 Å². The average Bonchev–Trinajstić information content (AvgIpc) is 2.48. The van der Waals surface area contributed by atoms with Gasteiger partial charge < -0.3 is 0 Å². The lowest BCUT2D eigenvalue weighted by Gasteiger charge is -2.31. The standard InChI is InChI=1S/C19H36/c1-2-10-18(19-14-7-4-8-15-19)16-9-13-17-11-5-3-6-12-17/h17-19H,2-16H2,1H3. The van der Waals surface area contributed by atoms with Gasteiger partial charge in [0.15, 0.2) is 0 Å². The van der Waals surface area contributed by atoms with Gasteiger partial charge in [-0.05, 0) is 17.8 Å². The Morgan fingerprint density at radius 3 is 2.05 bits per heavy atom. The van der Waals surface area contributed by atoms with Gasteiger partial charge in [0, 0.05) is 0 Å². The van der Waals surface area contributed by atoms with Gasteiger partial charge in [-0.25, -0.2) is 0 Å². The van der Waals surface area contributed by atoms with Crippen molar-refractivity contribution in [3.8, 4) is 0 Å². The van der Waals surface area contributed by atoms with E-state index in [0.717, 1.165) is 17.8 Å². The maximum absolute atomic E-state index is 2.39. The molecule has 112 valence electrons. The van der Waals surface area contributed by atoms with E-state index in [9.17, 15) is 0 Å². The van der Waals surface area contributed by atoms with Crippen LogP contribution in [0.2, 0.25) is 0 Å². The van der Waals surface area contributed by atoms with E-state index >= 15 is 0 Å². The van der Waals surface area contributed by atoms with E-state index in [1.165, 1.54) is 57.8 Å². The third kappa shape index (κ3) is 5.48. The molecule has 2 saturated carbocycles. The van der Waals surface area contributed by atoms with Gasteiger partial charge in [0.2, 0.25) is 0 Å². The first-order chi connectivity index (χ1) is 9.40.